The fraction of sp³-hybridized carbons (Fsp3) is 0.409. The molecule has 0 aliphatic heterocycles. The smallest absolute Gasteiger partial charge is 0.407 e. The van der Waals surface area contributed by atoms with Crippen molar-refractivity contribution in [2.75, 3.05) is 20.8 Å². The number of ether oxygens (including phenoxy) is 3. The van der Waals surface area contributed by atoms with Crippen molar-refractivity contribution in [2.45, 2.75) is 39.7 Å². The number of esters is 1. The second kappa shape index (κ2) is 9.80. The van der Waals surface area contributed by atoms with Crippen LogP contribution >= 0.6 is 11.6 Å². The highest BCUT2D eigenvalue weighted by molar-refractivity contribution is 6.32. The molecule has 1 aromatic carbocycles. The first kappa shape index (κ1) is 23.5. The van der Waals surface area contributed by atoms with Crippen LogP contribution < -0.4 is 10.1 Å². The number of methoxy groups -OCH3 is 2. The van der Waals surface area contributed by atoms with Gasteiger partial charge in [-0.1, -0.05) is 17.7 Å². The molecule has 30 heavy (non-hydrogen) atoms. The zero-order valence-corrected chi connectivity index (χ0v) is 18.8. The predicted molar refractivity (Wildman–Crippen MR) is 115 cm³/mol. The molecule has 1 aromatic heterocycles. The molecule has 0 fully saturated rings. The molecule has 0 atom stereocenters. The average Bonchev–Trinajstić information content (AvgIpc) is 2.68. The van der Waals surface area contributed by atoms with Crippen LogP contribution in [0.2, 0.25) is 5.02 Å². The third-order valence-corrected chi connectivity index (χ3v) is 4.61. The van der Waals surface area contributed by atoms with Gasteiger partial charge in [-0.3, -0.25) is 0 Å². The number of hydrogen-bond donors (Lipinski definition) is 1. The van der Waals surface area contributed by atoms with E-state index in [2.05, 4.69) is 10.3 Å². The number of amides is 1. The molecule has 0 bridgehead atoms. The van der Waals surface area contributed by atoms with Gasteiger partial charge in [-0.15, -0.1) is 0 Å². The van der Waals surface area contributed by atoms with Crippen LogP contribution in [0.5, 0.6) is 5.75 Å². The summed E-state index contributed by atoms with van der Waals surface area (Å²) in [5.41, 5.74) is 2.40. The van der Waals surface area contributed by atoms with E-state index in [1.54, 1.807) is 52.1 Å². The maximum absolute atomic E-state index is 11.9. The zero-order chi connectivity index (χ0) is 22.5. The summed E-state index contributed by atoms with van der Waals surface area (Å²) in [4.78, 5) is 28.2. The third-order valence-electron chi connectivity index (χ3n) is 4.22. The van der Waals surface area contributed by atoms with Crippen molar-refractivity contribution < 1.29 is 23.8 Å². The molecule has 162 valence electrons. The lowest BCUT2D eigenvalue weighted by molar-refractivity contribution is 0.0527. The molecule has 1 N–H and O–H groups in total. The van der Waals surface area contributed by atoms with Crippen molar-refractivity contribution in [1.82, 2.24) is 10.3 Å². The SMILES string of the molecule is COC(=O)c1cccc(-c2c(C)c(Cl)cc(CCNC(=O)OC(C)(C)C)c2OC)n1. The van der Waals surface area contributed by atoms with Crippen molar-refractivity contribution >= 4 is 23.7 Å². The lowest BCUT2D eigenvalue weighted by Crippen LogP contribution is -2.33. The Bertz CT molecular complexity index is 938. The summed E-state index contributed by atoms with van der Waals surface area (Å²) in [6.45, 7) is 7.60. The summed E-state index contributed by atoms with van der Waals surface area (Å²) in [6.07, 6.45) is -0.0288. The van der Waals surface area contributed by atoms with Gasteiger partial charge in [-0.2, -0.15) is 0 Å². The van der Waals surface area contributed by atoms with E-state index in [4.69, 9.17) is 25.8 Å². The van der Waals surface area contributed by atoms with Crippen molar-refractivity contribution in [3.8, 4) is 17.0 Å². The number of nitrogens with one attached hydrogen (secondary N) is 1. The largest absolute Gasteiger partial charge is 0.496 e. The highest BCUT2D eigenvalue weighted by Gasteiger charge is 2.20. The first-order chi connectivity index (χ1) is 14.1. The number of rotatable bonds is 6. The summed E-state index contributed by atoms with van der Waals surface area (Å²) in [5.74, 6) is 0.0506. The van der Waals surface area contributed by atoms with Crippen molar-refractivity contribution in [3.05, 3.63) is 46.1 Å². The number of nitrogens with zero attached hydrogens (tertiary/aromatic N) is 1. The number of halogens is 1. The van der Waals surface area contributed by atoms with Gasteiger partial charge >= 0.3 is 12.1 Å². The molecule has 0 saturated heterocycles. The van der Waals surface area contributed by atoms with Gasteiger partial charge < -0.3 is 19.5 Å². The number of hydrogen-bond acceptors (Lipinski definition) is 6. The summed E-state index contributed by atoms with van der Waals surface area (Å²) in [5, 5.41) is 3.26. The van der Waals surface area contributed by atoms with Gasteiger partial charge in [0.1, 0.15) is 17.0 Å². The minimum Gasteiger partial charge on any atom is -0.496 e. The van der Waals surface area contributed by atoms with Gasteiger partial charge in [-0.05, 0) is 63.4 Å². The summed E-state index contributed by atoms with van der Waals surface area (Å²) in [6, 6.07) is 6.88. The van der Waals surface area contributed by atoms with E-state index in [1.807, 2.05) is 6.92 Å². The van der Waals surface area contributed by atoms with E-state index in [9.17, 15) is 9.59 Å². The number of benzene rings is 1. The number of carbonyl (C=O) groups is 2. The minimum absolute atomic E-state index is 0.185. The molecule has 2 rings (SSSR count). The third kappa shape index (κ3) is 5.86. The summed E-state index contributed by atoms with van der Waals surface area (Å²) >= 11 is 6.47. The van der Waals surface area contributed by atoms with Crippen LogP contribution in [0.3, 0.4) is 0 Å². The Labute approximate surface area is 181 Å². The molecular formula is C22H27ClN2O5. The Morgan fingerprint density at radius 3 is 2.50 bits per heavy atom. The van der Waals surface area contributed by atoms with E-state index in [1.165, 1.54) is 7.11 Å². The second-order valence-corrected chi connectivity index (χ2v) is 8.04. The first-order valence-corrected chi connectivity index (χ1v) is 9.83. The molecular weight excluding hydrogens is 408 g/mol. The van der Waals surface area contributed by atoms with E-state index >= 15 is 0 Å². The molecule has 0 radical (unpaired) electrons. The average molecular weight is 435 g/mol. The number of carbonyl (C=O) groups excluding carboxylic acids is 2. The fourth-order valence-electron chi connectivity index (χ4n) is 2.91. The van der Waals surface area contributed by atoms with Gasteiger partial charge in [0, 0.05) is 17.1 Å². The Kier molecular flexibility index (Phi) is 7.67. The number of alkyl carbamates (subject to hydrolysis) is 1. The summed E-state index contributed by atoms with van der Waals surface area (Å²) < 4.78 is 15.7. The highest BCUT2D eigenvalue weighted by atomic mass is 35.5. The van der Waals surface area contributed by atoms with Crippen molar-refractivity contribution in [2.24, 2.45) is 0 Å². The quantitative estimate of drug-likeness (QED) is 0.670. The molecule has 1 heterocycles. The standard InChI is InChI=1S/C22H27ClN2O5/c1-13-15(23)12-14(10-11-24-21(27)30-22(2,3)4)19(28-5)18(13)16-8-7-9-17(25-16)20(26)29-6/h7-9,12H,10-11H2,1-6H3,(H,24,27). The van der Waals surface area contributed by atoms with Crippen LogP contribution in [0.4, 0.5) is 4.79 Å². The van der Waals surface area contributed by atoms with E-state index in [-0.39, 0.29) is 5.69 Å². The lowest BCUT2D eigenvalue weighted by atomic mass is 9.98. The molecule has 0 saturated carbocycles. The summed E-state index contributed by atoms with van der Waals surface area (Å²) in [7, 11) is 2.86. The van der Waals surface area contributed by atoms with Gasteiger partial charge in [0.05, 0.1) is 19.9 Å². The van der Waals surface area contributed by atoms with Gasteiger partial charge in [-0.25, -0.2) is 14.6 Å². The van der Waals surface area contributed by atoms with Crippen LogP contribution in [0.15, 0.2) is 24.3 Å². The number of aromatic nitrogens is 1. The van der Waals surface area contributed by atoms with Crippen molar-refractivity contribution in [1.29, 1.82) is 0 Å². The molecule has 0 aliphatic rings. The Hall–Kier alpha value is -2.80. The van der Waals surface area contributed by atoms with Crippen LogP contribution in [-0.2, 0) is 15.9 Å². The molecule has 0 unspecified atom stereocenters. The first-order valence-electron chi connectivity index (χ1n) is 9.46. The van der Waals surface area contributed by atoms with Gasteiger partial charge in [0.2, 0.25) is 0 Å². The predicted octanol–water partition coefficient (Wildman–Crippen LogP) is 4.57. The Morgan fingerprint density at radius 2 is 1.90 bits per heavy atom. The molecule has 8 heteroatoms. The fourth-order valence-corrected chi connectivity index (χ4v) is 3.14. The lowest BCUT2D eigenvalue weighted by Gasteiger charge is -2.20. The van der Waals surface area contributed by atoms with Gasteiger partial charge in [0.15, 0.2) is 0 Å². The molecule has 2 aromatic rings. The monoisotopic (exact) mass is 434 g/mol. The van der Waals surface area contributed by atoms with E-state index in [0.29, 0.717) is 35.0 Å². The molecule has 7 nitrogen and oxygen atoms in total. The maximum Gasteiger partial charge on any atom is 0.407 e. The van der Waals surface area contributed by atoms with Crippen LogP contribution in [-0.4, -0.2) is 43.4 Å². The normalized spacial score (nSPS) is 11.0. The Morgan fingerprint density at radius 1 is 1.20 bits per heavy atom. The van der Waals surface area contributed by atoms with E-state index < -0.39 is 17.7 Å². The molecule has 0 aliphatic carbocycles. The van der Waals surface area contributed by atoms with E-state index in [0.717, 1.165) is 11.1 Å². The molecule has 1 amide bonds. The molecule has 0 spiro atoms. The minimum atomic E-state index is -0.571. The van der Waals surface area contributed by atoms with Crippen molar-refractivity contribution in [3.63, 3.8) is 0 Å². The van der Waals surface area contributed by atoms with Crippen LogP contribution in [0.25, 0.3) is 11.3 Å². The maximum atomic E-state index is 11.9. The van der Waals surface area contributed by atoms with Crippen LogP contribution in [0.1, 0.15) is 42.4 Å². The zero-order valence-electron chi connectivity index (χ0n) is 18.1. The number of pyridine rings is 1. The topological polar surface area (TPSA) is 86.8 Å². The van der Waals surface area contributed by atoms with Gasteiger partial charge in [0.25, 0.3) is 0 Å². The highest BCUT2D eigenvalue weighted by Crippen LogP contribution is 2.39. The second-order valence-electron chi connectivity index (χ2n) is 7.63. The Balaban J connectivity index is 2.36. The van der Waals surface area contributed by atoms with Crippen LogP contribution in [0, 0.1) is 6.92 Å².